The van der Waals surface area contributed by atoms with Crippen molar-refractivity contribution in [2.45, 2.75) is 69.0 Å². The molecular weight excluding hydrogens is 488 g/mol. The Morgan fingerprint density at radius 3 is 1.55 bits per heavy atom. The fourth-order valence-corrected chi connectivity index (χ4v) is 8.71. The highest BCUT2D eigenvalue weighted by Gasteiger charge is 2.59. The summed E-state index contributed by atoms with van der Waals surface area (Å²) in [6.45, 7) is 3.92. The van der Waals surface area contributed by atoms with Gasteiger partial charge in [0, 0.05) is 14.2 Å². The molecule has 1 atom stereocenters. The van der Waals surface area contributed by atoms with Crippen LogP contribution < -0.4 is 4.89 Å². The van der Waals surface area contributed by atoms with E-state index in [-0.39, 0.29) is 13.2 Å². The predicted octanol–water partition coefficient (Wildman–Crippen LogP) is 6.43. The lowest BCUT2D eigenvalue weighted by Gasteiger charge is -2.37. The van der Waals surface area contributed by atoms with E-state index in [0.29, 0.717) is 12.8 Å². The fraction of sp³-hybridized carbons (Fsp3) is 1.00. The molecule has 0 aliphatic heterocycles. The third-order valence-electron chi connectivity index (χ3n) is 3.84. The number of hydrogen-bond acceptors (Lipinski definition) is 9. The summed E-state index contributed by atoms with van der Waals surface area (Å²) in [5, 5.41) is 0. The smallest absolute Gasteiger partial charge is 0.479 e. The van der Waals surface area contributed by atoms with Crippen LogP contribution in [0.4, 0.5) is 0 Å². The van der Waals surface area contributed by atoms with Gasteiger partial charge in [-0.3, -0.25) is 13.6 Å². The van der Waals surface area contributed by atoms with Crippen LogP contribution in [-0.2, 0) is 36.1 Å². The number of halogens is 2. The van der Waals surface area contributed by atoms with Gasteiger partial charge in [0.25, 0.3) is 3.82 Å². The Hall–Kier alpha value is 1.03. The van der Waals surface area contributed by atoms with Crippen molar-refractivity contribution in [1.82, 2.24) is 0 Å². The van der Waals surface area contributed by atoms with Crippen molar-refractivity contribution in [3.8, 4) is 0 Å². The van der Waals surface area contributed by atoms with Crippen molar-refractivity contribution in [1.29, 1.82) is 0 Å². The van der Waals surface area contributed by atoms with E-state index in [4.69, 9.17) is 32.2 Å². The second kappa shape index (κ2) is 14.2. The van der Waals surface area contributed by atoms with Crippen molar-refractivity contribution in [2.75, 3.05) is 27.4 Å². The number of hydrogen-bond donors (Lipinski definition) is 0. The summed E-state index contributed by atoms with van der Waals surface area (Å²) < 4.78 is 58.8. The van der Waals surface area contributed by atoms with Gasteiger partial charge in [-0.1, -0.05) is 75.6 Å². The standard InChI is InChI=1S/C15H33Cl2O9P3/c1-5-7-9-11-13-24-29(21,25-14-12-10-8-6-2)26-27(18,19)15(16,17)28(20,22-3)23-4/h5-14H2,1-4H3,(H,18,19)/p-1. The number of rotatable bonds is 18. The maximum absolute atomic E-state index is 12.9. The average Bonchev–Trinajstić information content (AvgIpc) is 2.66. The Kier molecular flexibility index (Phi) is 14.7. The first-order chi connectivity index (χ1) is 13.4. The molecule has 0 aromatic heterocycles. The molecule has 0 radical (unpaired) electrons. The Bertz CT molecular complexity index is 578. The zero-order chi connectivity index (χ0) is 22.6. The molecule has 0 aliphatic carbocycles. The van der Waals surface area contributed by atoms with Gasteiger partial charge >= 0.3 is 15.4 Å². The van der Waals surface area contributed by atoms with E-state index in [1.54, 1.807) is 0 Å². The normalized spacial score (nSPS) is 15.4. The molecule has 0 N–H and O–H groups in total. The van der Waals surface area contributed by atoms with Crippen LogP contribution in [0.25, 0.3) is 0 Å². The fourth-order valence-electron chi connectivity index (χ4n) is 2.12. The van der Waals surface area contributed by atoms with Gasteiger partial charge in [0.15, 0.2) is 7.60 Å². The monoisotopic (exact) mass is 519 g/mol. The summed E-state index contributed by atoms with van der Waals surface area (Å²) in [7, 11) is -12.9. The van der Waals surface area contributed by atoms with E-state index in [0.717, 1.165) is 52.7 Å². The van der Waals surface area contributed by atoms with Gasteiger partial charge in [-0.2, -0.15) is 0 Å². The van der Waals surface area contributed by atoms with E-state index in [1.165, 1.54) is 0 Å². The third kappa shape index (κ3) is 9.59. The lowest BCUT2D eigenvalue weighted by atomic mass is 10.2. The highest BCUT2D eigenvalue weighted by molar-refractivity contribution is 7.81. The second-order valence-electron chi connectivity index (χ2n) is 6.19. The van der Waals surface area contributed by atoms with Crippen molar-refractivity contribution in [3.63, 3.8) is 0 Å². The van der Waals surface area contributed by atoms with E-state index < -0.39 is 26.8 Å². The average molecular weight is 520 g/mol. The molecule has 0 fully saturated rings. The third-order valence-corrected chi connectivity index (χ3v) is 12.7. The van der Waals surface area contributed by atoms with Crippen LogP contribution in [0.1, 0.15) is 65.2 Å². The van der Waals surface area contributed by atoms with Crippen molar-refractivity contribution in [2.24, 2.45) is 0 Å². The molecule has 0 aromatic rings. The Labute approximate surface area is 183 Å². The SMILES string of the molecule is CCCCCCOP(=O)(OCCCCCC)OP(=O)([O-])C(Cl)(Cl)P(=O)(OC)OC. The second-order valence-corrected chi connectivity index (χ2v) is 15.0. The van der Waals surface area contributed by atoms with Crippen LogP contribution in [0, 0.1) is 0 Å². The number of phosphoric ester groups is 1. The van der Waals surface area contributed by atoms with Crippen LogP contribution in [-0.4, -0.2) is 31.2 Å². The Morgan fingerprint density at radius 2 is 1.21 bits per heavy atom. The van der Waals surface area contributed by atoms with Gasteiger partial charge in [0.2, 0.25) is 0 Å². The Balaban J connectivity index is 5.34. The summed E-state index contributed by atoms with van der Waals surface area (Å²) >= 11 is 11.5. The minimum absolute atomic E-state index is 0.0595. The Morgan fingerprint density at radius 1 is 0.793 bits per heavy atom. The lowest BCUT2D eigenvalue weighted by Crippen LogP contribution is -2.25. The molecule has 14 heteroatoms. The molecular formula is C15H32Cl2O9P3-. The molecule has 0 spiro atoms. The first-order valence-corrected chi connectivity index (χ1v) is 14.8. The summed E-state index contributed by atoms with van der Waals surface area (Å²) in [5.41, 5.74) is 0. The van der Waals surface area contributed by atoms with Crippen molar-refractivity contribution in [3.05, 3.63) is 0 Å². The first-order valence-electron chi connectivity index (χ1n) is 9.46. The topological polar surface area (TPSA) is 120 Å². The van der Waals surface area contributed by atoms with E-state index in [2.05, 4.69) is 13.4 Å². The lowest BCUT2D eigenvalue weighted by molar-refractivity contribution is -0.193. The van der Waals surface area contributed by atoms with Crippen molar-refractivity contribution < 1.29 is 41.0 Å². The van der Waals surface area contributed by atoms with Crippen LogP contribution in [0.2, 0.25) is 0 Å². The van der Waals surface area contributed by atoms with Crippen LogP contribution in [0.3, 0.4) is 0 Å². The molecule has 0 rings (SSSR count). The molecule has 9 nitrogen and oxygen atoms in total. The maximum Gasteiger partial charge on any atom is 0.479 e. The number of alkyl halides is 2. The summed E-state index contributed by atoms with van der Waals surface area (Å²) in [6.07, 6.45) is 6.44. The van der Waals surface area contributed by atoms with Crippen molar-refractivity contribution >= 4 is 46.2 Å². The number of phosphoric acid groups is 1. The van der Waals surface area contributed by atoms with Gasteiger partial charge in [-0.25, -0.2) is 8.88 Å². The molecule has 1 unspecified atom stereocenters. The quantitative estimate of drug-likeness (QED) is 0.114. The van der Waals surface area contributed by atoms with E-state index in [9.17, 15) is 18.6 Å². The zero-order valence-corrected chi connectivity index (χ0v) is 21.5. The molecule has 0 aliphatic rings. The minimum Gasteiger partial charge on any atom is -0.776 e. The van der Waals surface area contributed by atoms with Crippen LogP contribution in [0.15, 0.2) is 0 Å². The molecule has 0 saturated heterocycles. The van der Waals surface area contributed by atoms with Crippen LogP contribution >= 0.6 is 46.2 Å². The summed E-state index contributed by atoms with van der Waals surface area (Å²) in [6, 6.07) is 0. The largest absolute Gasteiger partial charge is 0.776 e. The first kappa shape index (κ1) is 30.0. The van der Waals surface area contributed by atoms with Gasteiger partial charge in [0.05, 0.1) is 13.2 Å². The predicted molar refractivity (Wildman–Crippen MR) is 113 cm³/mol. The minimum atomic E-state index is -5.54. The highest BCUT2D eigenvalue weighted by Crippen LogP contribution is 2.81. The molecule has 0 heterocycles. The van der Waals surface area contributed by atoms with Gasteiger partial charge < -0.3 is 18.5 Å². The molecule has 0 bridgehead atoms. The number of unbranched alkanes of at least 4 members (excludes halogenated alkanes) is 6. The molecule has 0 aromatic carbocycles. The van der Waals surface area contributed by atoms with Crippen LogP contribution in [0.5, 0.6) is 0 Å². The summed E-state index contributed by atoms with van der Waals surface area (Å²) in [4.78, 5) is 12.6. The van der Waals surface area contributed by atoms with E-state index >= 15 is 0 Å². The maximum atomic E-state index is 12.9. The van der Waals surface area contributed by atoms with Gasteiger partial charge in [-0.15, -0.1) is 0 Å². The summed E-state index contributed by atoms with van der Waals surface area (Å²) in [5.74, 6) is 0. The van der Waals surface area contributed by atoms with E-state index in [1.807, 2.05) is 13.8 Å². The molecule has 176 valence electrons. The van der Waals surface area contributed by atoms with Gasteiger partial charge in [0.1, 0.15) is 0 Å². The highest BCUT2D eigenvalue weighted by atomic mass is 35.5. The zero-order valence-electron chi connectivity index (χ0n) is 17.3. The molecule has 29 heavy (non-hydrogen) atoms. The molecule has 0 saturated carbocycles. The van der Waals surface area contributed by atoms with Gasteiger partial charge in [-0.05, 0) is 12.8 Å². The molecule has 0 amide bonds.